The van der Waals surface area contributed by atoms with Crippen molar-refractivity contribution in [3.8, 4) is 0 Å². The third-order valence-corrected chi connectivity index (χ3v) is 0. The molecule has 0 unspecified atom stereocenters. The van der Waals surface area contributed by atoms with Crippen molar-refractivity contribution < 1.29 is 63.2 Å². The van der Waals surface area contributed by atoms with E-state index in [-0.39, 0.29) is 98.4 Å². The summed E-state index contributed by atoms with van der Waals surface area (Å²) in [6.07, 6.45) is 0. The van der Waals surface area contributed by atoms with E-state index in [1.54, 1.807) is 0 Å². The fourth-order valence-electron chi connectivity index (χ4n) is 0. The average Bonchev–Trinajstić information content (AvgIpc) is 0. The van der Waals surface area contributed by atoms with Gasteiger partial charge in [-0.1, -0.05) is 0 Å². The van der Waals surface area contributed by atoms with Gasteiger partial charge in [-0.15, -0.1) is 0 Å². The van der Waals surface area contributed by atoms with E-state index in [9.17, 15) is 0 Å². The van der Waals surface area contributed by atoms with Gasteiger partial charge in [0.25, 0.3) is 0 Å². The van der Waals surface area contributed by atoms with Gasteiger partial charge in [-0.25, -0.2) is 0 Å². The maximum atomic E-state index is 0. The first-order valence-electron chi connectivity index (χ1n) is 0. The zero-order valence-electron chi connectivity index (χ0n) is 2.22. The Balaban J connectivity index is 0. The summed E-state index contributed by atoms with van der Waals surface area (Å²) in [6, 6.07) is 0. The SMILES string of the molecule is [Ge].[Ge].[Mo].[Mo].[Mo]. The molecule has 0 rings (SSSR count). The van der Waals surface area contributed by atoms with Gasteiger partial charge in [0.05, 0.1) is 0 Å². The Hall–Kier alpha value is 3.15. The van der Waals surface area contributed by atoms with Crippen molar-refractivity contribution in [1.82, 2.24) is 0 Å². The Kier molecular flexibility index (Phi) is 229. The van der Waals surface area contributed by atoms with E-state index >= 15 is 0 Å². The molecule has 26 valence electrons. The molecule has 0 nitrogen and oxygen atoms in total. The van der Waals surface area contributed by atoms with Crippen molar-refractivity contribution in [3.63, 3.8) is 0 Å². The minimum atomic E-state index is 0. The molecule has 0 aromatic carbocycles. The van der Waals surface area contributed by atoms with Gasteiger partial charge in [0.15, 0.2) is 0 Å². The van der Waals surface area contributed by atoms with Crippen molar-refractivity contribution in [2.24, 2.45) is 0 Å². The summed E-state index contributed by atoms with van der Waals surface area (Å²) in [4.78, 5) is 0. The van der Waals surface area contributed by atoms with E-state index in [0.29, 0.717) is 0 Å². The molecule has 0 aromatic heterocycles. The van der Waals surface area contributed by atoms with Gasteiger partial charge in [-0.05, 0) is 0 Å². The molecule has 0 N–H and O–H groups in total. The first-order chi connectivity index (χ1) is 0. The van der Waals surface area contributed by atoms with Crippen molar-refractivity contribution >= 4 is 35.2 Å². The van der Waals surface area contributed by atoms with Crippen LogP contribution in [0.5, 0.6) is 0 Å². The zero-order valence-corrected chi connectivity index (χ0v) is 12.4. The van der Waals surface area contributed by atoms with Gasteiger partial charge in [0, 0.05) is 98.4 Å². The molecular formula is Ge2Mo3. The second kappa shape index (κ2) is 27.3. The van der Waals surface area contributed by atoms with Crippen LogP contribution in [-0.4, -0.2) is 35.2 Å². The molecule has 8 radical (unpaired) electrons. The van der Waals surface area contributed by atoms with Gasteiger partial charge in [-0.2, -0.15) is 0 Å². The van der Waals surface area contributed by atoms with E-state index in [1.165, 1.54) is 0 Å². The van der Waals surface area contributed by atoms with Crippen LogP contribution in [0.3, 0.4) is 0 Å². The summed E-state index contributed by atoms with van der Waals surface area (Å²) in [7, 11) is 0. The minimum Gasteiger partial charge on any atom is 0 e. The van der Waals surface area contributed by atoms with Crippen LogP contribution >= 0.6 is 0 Å². The van der Waals surface area contributed by atoms with Crippen molar-refractivity contribution in [2.75, 3.05) is 0 Å². The number of hydrogen-bond acceptors (Lipinski definition) is 0. The van der Waals surface area contributed by atoms with Crippen molar-refractivity contribution in [1.29, 1.82) is 0 Å². The average molecular weight is 433 g/mol. The predicted octanol–water partition coefficient (Wildman–Crippen LogP) is -0.769. The number of hydrogen-bond donors (Lipinski definition) is 0. The summed E-state index contributed by atoms with van der Waals surface area (Å²) < 4.78 is 0. The molecule has 0 aliphatic carbocycles. The first-order valence-corrected chi connectivity index (χ1v) is 0. The van der Waals surface area contributed by atoms with E-state index in [1.807, 2.05) is 0 Å². The van der Waals surface area contributed by atoms with Crippen LogP contribution in [0, 0.1) is 0 Å². The van der Waals surface area contributed by atoms with Gasteiger partial charge in [0.1, 0.15) is 0 Å². The monoisotopic (exact) mass is 442 g/mol. The predicted molar refractivity (Wildman–Crippen MR) is 11.5 cm³/mol. The molecule has 0 bridgehead atoms. The fourth-order valence-corrected chi connectivity index (χ4v) is 0. The summed E-state index contributed by atoms with van der Waals surface area (Å²) in [5.41, 5.74) is 0. The first kappa shape index (κ1) is 42.0. The van der Waals surface area contributed by atoms with E-state index in [2.05, 4.69) is 0 Å². The van der Waals surface area contributed by atoms with Crippen LogP contribution in [0.25, 0.3) is 0 Å². The maximum absolute atomic E-state index is 0. The number of rotatable bonds is 0. The fraction of sp³-hybridized carbons (Fsp3) is 0. The molecule has 0 heterocycles. The third kappa shape index (κ3) is 19.1. The van der Waals surface area contributed by atoms with E-state index in [0.717, 1.165) is 0 Å². The Morgan fingerprint density at radius 1 is 0.400 bits per heavy atom. The molecule has 0 aliphatic heterocycles. The van der Waals surface area contributed by atoms with Crippen LogP contribution in [0.1, 0.15) is 0 Å². The molecule has 0 saturated carbocycles. The third-order valence-electron chi connectivity index (χ3n) is 0. The molecule has 5 heavy (non-hydrogen) atoms. The van der Waals surface area contributed by atoms with Gasteiger partial charge in [-0.3, -0.25) is 0 Å². The maximum Gasteiger partial charge on any atom is 0 e. The topological polar surface area (TPSA) is 0 Å². The molecule has 0 aliphatic rings. The Labute approximate surface area is 96.7 Å². The molecule has 0 aromatic rings. The molecular weight excluding hydrogens is 433 g/mol. The van der Waals surface area contributed by atoms with Crippen LogP contribution in [-0.2, 0) is 63.2 Å². The molecule has 5 heteroatoms. The molecule has 0 spiro atoms. The van der Waals surface area contributed by atoms with Crippen molar-refractivity contribution in [2.45, 2.75) is 0 Å². The second-order valence-electron chi connectivity index (χ2n) is 0. The van der Waals surface area contributed by atoms with E-state index < -0.39 is 0 Å². The Bertz CT molecular complexity index is 4.85. The Morgan fingerprint density at radius 2 is 0.400 bits per heavy atom. The molecule has 0 saturated heterocycles. The normalized spacial score (nSPS) is 0. The van der Waals surface area contributed by atoms with Gasteiger partial charge >= 0.3 is 0 Å². The summed E-state index contributed by atoms with van der Waals surface area (Å²) >= 11 is 0. The standard InChI is InChI=1S/2Ge.3Mo. The zero-order chi connectivity index (χ0) is 0. The van der Waals surface area contributed by atoms with Gasteiger partial charge < -0.3 is 0 Å². The molecule has 0 atom stereocenters. The summed E-state index contributed by atoms with van der Waals surface area (Å²) in [5, 5.41) is 0. The molecule has 0 fully saturated rings. The second-order valence-corrected chi connectivity index (χ2v) is 0. The summed E-state index contributed by atoms with van der Waals surface area (Å²) in [6.45, 7) is 0. The van der Waals surface area contributed by atoms with Crippen molar-refractivity contribution in [3.05, 3.63) is 0 Å². The smallest absolute Gasteiger partial charge is 0 e. The van der Waals surface area contributed by atoms with Crippen LogP contribution in [0.2, 0.25) is 0 Å². The van der Waals surface area contributed by atoms with E-state index in [4.69, 9.17) is 0 Å². The van der Waals surface area contributed by atoms with Crippen LogP contribution in [0.4, 0.5) is 0 Å². The summed E-state index contributed by atoms with van der Waals surface area (Å²) in [5.74, 6) is 0. The van der Waals surface area contributed by atoms with Crippen LogP contribution < -0.4 is 0 Å². The quantitative estimate of drug-likeness (QED) is 0.441. The minimum absolute atomic E-state index is 0. The largest absolute Gasteiger partial charge is 0 e. The van der Waals surface area contributed by atoms with Gasteiger partial charge in [0.2, 0.25) is 0 Å². The Morgan fingerprint density at radius 3 is 0.400 bits per heavy atom. The molecule has 0 amide bonds. The van der Waals surface area contributed by atoms with Crippen LogP contribution in [0.15, 0.2) is 0 Å².